The van der Waals surface area contributed by atoms with Gasteiger partial charge in [0.2, 0.25) is 0 Å². The third-order valence-corrected chi connectivity index (χ3v) is 1.62. The summed E-state index contributed by atoms with van der Waals surface area (Å²) in [5, 5.41) is 0. The van der Waals surface area contributed by atoms with Gasteiger partial charge in [-0.05, 0) is 6.92 Å². The van der Waals surface area contributed by atoms with E-state index in [0.29, 0.717) is 0 Å². The van der Waals surface area contributed by atoms with E-state index in [0.717, 1.165) is 26.3 Å². The lowest BCUT2D eigenvalue weighted by atomic mass is 10.4. The molecule has 0 saturated carbocycles. The molecule has 1 saturated heterocycles. The summed E-state index contributed by atoms with van der Waals surface area (Å²) in [6.07, 6.45) is 0.189. The number of nitrogens with two attached hydrogens (primary N) is 1. The zero-order valence-corrected chi connectivity index (χ0v) is 5.84. The Morgan fingerprint density at radius 1 is 1.44 bits per heavy atom. The molecule has 0 aromatic heterocycles. The van der Waals surface area contributed by atoms with Gasteiger partial charge in [-0.1, -0.05) is 0 Å². The molecule has 0 spiro atoms. The van der Waals surface area contributed by atoms with E-state index in [2.05, 4.69) is 4.90 Å². The van der Waals surface area contributed by atoms with Gasteiger partial charge in [0.25, 0.3) is 0 Å². The van der Waals surface area contributed by atoms with Crippen LogP contribution in [0.2, 0.25) is 0 Å². The first kappa shape index (κ1) is 6.99. The van der Waals surface area contributed by atoms with Crippen LogP contribution in [0.5, 0.6) is 0 Å². The molecule has 1 rings (SSSR count). The quantitative estimate of drug-likeness (QED) is 0.526. The molecular weight excluding hydrogens is 116 g/mol. The second-order valence-electron chi connectivity index (χ2n) is 2.39. The molecule has 0 aromatic rings. The molecule has 0 aliphatic carbocycles. The molecule has 1 aliphatic rings. The number of morpholine rings is 1. The van der Waals surface area contributed by atoms with Crippen molar-refractivity contribution in [3.05, 3.63) is 0 Å². The van der Waals surface area contributed by atoms with Crippen LogP contribution in [-0.2, 0) is 4.74 Å². The molecule has 0 bridgehead atoms. The predicted octanol–water partition coefficient (Wildman–Crippen LogP) is -0.377. The normalized spacial score (nSPS) is 26.0. The Balaban J connectivity index is 2.23. The van der Waals surface area contributed by atoms with Gasteiger partial charge in [0.1, 0.15) is 0 Å². The maximum atomic E-state index is 5.64. The van der Waals surface area contributed by atoms with Gasteiger partial charge in [0.05, 0.1) is 19.4 Å². The SMILES string of the molecule is CC(N)N1CCOCC1. The van der Waals surface area contributed by atoms with E-state index in [9.17, 15) is 0 Å². The van der Waals surface area contributed by atoms with Crippen molar-refractivity contribution in [2.45, 2.75) is 13.1 Å². The lowest BCUT2D eigenvalue weighted by Crippen LogP contribution is -2.46. The molecule has 1 atom stereocenters. The highest BCUT2D eigenvalue weighted by atomic mass is 16.5. The van der Waals surface area contributed by atoms with Crippen molar-refractivity contribution in [3.63, 3.8) is 0 Å². The molecule has 1 aliphatic heterocycles. The van der Waals surface area contributed by atoms with Crippen LogP contribution in [0.25, 0.3) is 0 Å². The van der Waals surface area contributed by atoms with Crippen molar-refractivity contribution in [2.24, 2.45) is 5.73 Å². The topological polar surface area (TPSA) is 38.5 Å². The van der Waals surface area contributed by atoms with Crippen molar-refractivity contribution >= 4 is 0 Å². The summed E-state index contributed by atoms with van der Waals surface area (Å²) >= 11 is 0. The average molecular weight is 130 g/mol. The average Bonchev–Trinajstić information content (AvgIpc) is 1.90. The fourth-order valence-corrected chi connectivity index (χ4v) is 0.985. The van der Waals surface area contributed by atoms with Crippen molar-refractivity contribution in [1.29, 1.82) is 0 Å². The van der Waals surface area contributed by atoms with Crippen LogP contribution in [0.3, 0.4) is 0 Å². The summed E-state index contributed by atoms with van der Waals surface area (Å²) in [7, 11) is 0. The number of rotatable bonds is 1. The first-order valence-electron chi connectivity index (χ1n) is 3.38. The zero-order valence-electron chi connectivity index (χ0n) is 5.84. The summed E-state index contributed by atoms with van der Waals surface area (Å²) < 4.78 is 5.15. The summed E-state index contributed by atoms with van der Waals surface area (Å²) in [5.74, 6) is 0. The second kappa shape index (κ2) is 3.15. The Labute approximate surface area is 55.8 Å². The zero-order chi connectivity index (χ0) is 6.69. The summed E-state index contributed by atoms with van der Waals surface area (Å²) in [6, 6.07) is 0. The molecule has 1 heterocycles. The highest BCUT2D eigenvalue weighted by molar-refractivity contribution is 4.63. The van der Waals surface area contributed by atoms with Gasteiger partial charge in [-0.2, -0.15) is 0 Å². The fraction of sp³-hybridized carbons (Fsp3) is 1.00. The maximum absolute atomic E-state index is 5.64. The lowest BCUT2D eigenvalue weighted by molar-refractivity contribution is 0.0215. The van der Waals surface area contributed by atoms with Crippen molar-refractivity contribution in [3.8, 4) is 0 Å². The molecule has 0 amide bonds. The highest BCUT2D eigenvalue weighted by Gasteiger charge is 2.12. The third kappa shape index (κ3) is 1.93. The first-order chi connectivity index (χ1) is 4.30. The predicted molar refractivity (Wildman–Crippen MR) is 36.0 cm³/mol. The molecule has 54 valence electrons. The van der Waals surface area contributed by atoms with E-state index < -0.39 is 0 Å². The van der Waals surface area contributed by atoms with Crippen molar-refractivity contribution in [1.82, 2.24) is 4.90 Å². The van der Waals surface area contributed by atoms with Crippen LogP contribution in [0.1, 0.15) is 6.92 Å². The largest absolute Gasteiger partial charge is 0.379 e. The minimum absolute atomic E-state index is 0.189. The van der Waals surface area contributed by atoms with Crippen molar-refractivity contribution in [2.75, 3.05) is 26.3 Å². The van der Waals surface area contributed by atoms with Gasteiger partial charge in [-0.25, -0.2) is 0 Å². The van der Waals surface area contributed by atoms with E-state index in [4.69, 9.17) is 10.5 Å². The van der Waals surface area contributed by atoms with E-state index >= 15 is 0 Å². The number of hydrogen-bond donors (Lipinski definition) is 1. The molecule has 0 radical (unpaired) electrons. The molecule has 0 aromatic carbocycles. The van der Waals surface area contributed by atoms with E-state index in [1.54, 1.807) is 0 Å². The van der Waals surface area contributed by atoms with Gasteiger partial charge >= 0.3 is 0 Å². The van der Waals surface area contributed by atoms with Crippen molar-refractivity contribution < 1.29 is 4.74 Å². The minimum atomic E-state index is 0.189. The van der Waals surface area contributed by atoms with Crippen LogP contribution >= 0.6 is 0 Å². The first-order valence-corrected chi connectivity index (χ1v) is 3.38. The molecule has 3 heteroatoms. The van der Waals surface area contributed by atoms with Crippen LogP contribution in [0.4, 0.5) is 0 Å². The standard InChI is InChI=1S/C6H14N2O/c1-6(7)8-2-4-9-5-3-8/h6H,2-5,7H2,1H3. The van der Waals surface area contributed by atoms with E-state index in [1.807, 2.05) is 6.92 Å². The van der Waals surface area contributed by atoms with Crippen LogP contribution < -0.4 is 5.73 Å². The smallest absolute Gasteiger partial charge is 0.0594 e. The van der Waals surface area contributed by atoms with Crippen LogP contribution in [0.15, 0.2) is 0 Å². The number of nitrogens with zero attached hydrogens (tertiary/aromatic N) is 1. The summed E-state index contributed by atoms with van der Waals surface area (Å²) in [6.45, 7) is 5.64. The minimum Gasteiger partial charge on any atom is -0.379 e. The Hall–Kier alpha value is -0.120. The number of ether oxygens (including phenoxy) is 1. The van der Waals surface area contributed by atoms with E-state index in [-0.39, 0.29) is 6.17 Å². The molecule has 3 nitrogen and oxygen atoms in total. The van der Waals surface area contributed by atoms with Gasteiger partial charge in [0.15, 0.2) is 0 Å². The Bertz CT molecular complexity index is 79.1. The highest BCUT2D eigenvalue weighted by Crippen LogP contribution is 1.97. The monoisotopic (exact) mass is 130 g/mol. The maximum Gasteiger partial charge on any atom is 0.0594 e. The molecule has 2 N–H and O–H groups in total. The van der Waals surface area contributed by atoms with E-state index in [1.165, 1.54) is 0 Å². The van der Waals surface area contributed by atoms with Gasteiger partial charge in [-0.3, -0.25) is 4.90 Å². The van der Waals surface area contributed by atoms with Crippen LogP contribution in [-0.4, -0.2) is 37.4 Å². The fourth-order valence-electron chi connectivity index (χ4n) is 0.985. The van der Waals surface area contributed by atoms with Gasteiger partial charge in [0, 0.05) is 13.1 Å². The Morgan fingerprint density at radius 2 is 2.00 bits per heavy atom. The number of hydrogen-bond acceptors (Lipinski definition) is 3. The van der Waals surface area contributed by atoms with Crippen LogP contribution in [0, 0.1) is 0 Å². The molecular formula is C6H14N2O. The molecule has 1 fully saturated rings. The lowest BCUT2D eigenvalue weighted by Gasteiger charge is -2.29. The second-order valence-corrected chi connectivity index (χ2v) is 2.39. The third-order valence-electron chi connectivity index (χ3n) is 1.62. The van der Waals surface area contributed by atoms with Gasteiger partial charge < -0.3 is 10.5 Å². The Kier molecular flexibility index (Phi) is 2.45. The Morgan fingerprint density at radius 3 is 2.33 bits per heavy atom. The summed E-state index contributed by atoms with van der Waals surface area (Å²) in [5.41, 5.74) is 5.64. The molecule has 1 unspecified atom stereocenters. The summed E-state index contributed by atoms with van der Waals surface area (Å²) in [4.78, 5) is 2.21. The molecule has 9 heavy (non-hydrogen) atoms. The van der Waals surface area contributed by atoms with Gasteiger partial charge in [-0.15, -0.1) is 0 Å².